The van der Waals surface area contributed by atoms with Crippen molar-refractivity contribution in [3.63, 3.8) is 0 Å². The number of rotatable bonds is 17. The molecule has 2 N–H and O–H groups in total. The third-order valence-corrected chi connectivity index (χ3v) is 4.61. The summed E-state index contributed by atoms with van der Waals surface area (Å²) >= 11 is 0. The summed E-state index contributed by atoms with van der Waals surface area (Å²) in [6, 6.07) is -1.74. The van der Waals surface area contributed by atoms with Gasteiger partial charge in [0.25, 0.3) is 0 Å². The van der Waals surface area contributed by atoms with E-state index in [2.05, 4.69) is 10.6 Å². The molecule has 2 atom stereocenters. The quantitative estimate of drug-likeness (QED) is 0.143. The molecule has 42 heavy (non-hydrogen) atoms. The summed E-state index contributed by atoms with van der Waals surface area (Å²) in [5.74, 6) is -2.09. The molecule has 0 radical (unpaired) electrons. The van der Waals surface area contributed by atoms with Gasteiger partial charge in [0.05, 0.1) is 39.3 Å². The third kappa shape index (κ3) is 23.3. The van der Waals surface area contributed by atoms with Crippen LogP contribution in [0.4, 0.5) is 0 Å². The summed E-state index contributed by atoms with van der Waals surface area (Å²) in [6.45, 7) is 22.8. The number of esters is 4. The van der Waals surface area contributed by atoms with Gasteiger partial charge in [-0.05, 0) is 83.1 Å². The first kappa shape index (κ1) is 39.7. The molecule has 0 aliphatic rings. The van der Waals surface area contributed by atoms with Gasteiger partial charge < -0.3 is 39.1 Å². The molecule has 0 saturated carbocycles. The van der Waals surface area contributed by atoms with Gasteiger partial charge in [0.15, 0.2) is 0 Å². The van der Waals surface area contributed by atoms with Crippen LogP contribution in [0.5, 0.6) is 0 Å². The van der Waals surface area contributed by atoms with Gasteiger partial charge in [0.2, 0.25) is 0 Å². The Hall–Kier alpha value is -2.28. The first-order valence-corrected chi connectivity index (χ1v) is 14.5. The fraction of sp³-hybridized carbons (Fsp3) is 0.867. The summed E-state index contributed by atoms with van der Waals surface area (Å²) in [7, 11) is 0. The zero-order chi connectivity index (χ0) is 32.8. The van der Waals surface area contributed by atoms with Crippen molar-refractivity contribution in [1.82, 2.24) is 10.6 Å². The molecule has 0 aliphatic carbocycles. The van der Waals surface area contributed by atoms with E-state index in [1.165, 1.54) is 0 Å². The molecule has 246 valence electrons. The zero-order valence-corrected chi connectivity index (χ0v) is 27.9. The van der Waals surface area contributed by atoms with E-state index in [4.69, 9.17) is 28.4 Å². The molecule has 0 aliphatic heterocycles. The fourth-order valence-corrected chi connectivity index (χ4v) is 3.26. The predicted octanol–water partition coefficient (Wildman–Crippen LogP) is 3.08. The molecular weight excluding hydrogens is 548 g/mol. The van der Waals surface area contributed by atoms with Crippen LogP contribution in [0.2, 0.25) is 0 Å². The first-order valence-electron chi connectivity index (χ1n) is 14.5. The largest absolute Gasteiger partial charge is 0.460 e. The van der Waals surface area contributed by atoms with E-state index in [0.29, 0.717) is 13.1 Å². The van der Waals surface area contributed by atoms with Crippen LogP contribution in [-0.2, 0) is 47.6 Å². The summed E-state index contributed by atoms with van der Waals surface area (Å²) in [5.41, 5.74) is -2.72. The van der Waals surface area contributed by atoms with E-state index in [9.17, 15) is 19.2 Å². The Labute approximate surface area is 252 Å². The van der Waals surface area contributed by atoms with Gasteiger partial charge in [0.1, 0.15) is 34.5 Å². The van der Waals surface area contributed by atoms with Crippen LogP contribution in [0.3, 0.4) is 0 Å². The number of carbonyl (C=O) groups is 4. The Morgan fingerprint density at radius 2 is 0.762 bits per heavy atom. The molecule has 0 rings (SSSR count). The monoisotopic (exact) mass is 604 g/mol. The van der Waals surface area contributed by atoms with Crippen molar-refractivity contribution in [2.45, 2.75) is 130 Å². The minimum absolute atomic E-state index is 0.166. The lowest BCUT2D eigenvalue weighted by atomic mass is 10.1. The number of hydrogen-bond donors (Lipinski definition) is 2. The Morgan fingerprint density at radius 1 is 0.476 bits per heavy atom. The molecular formula is C30H56N2O10. The van der Waals surface area contributed by atoms with E-state index in [1.807, 2.05) is 0 Å². The lowest BCUT2D eigenvalue weighted by Gasteiger charge is -2.26. The highest BCUT2D eigenvalue weighted by atomic mass is 16.6. The summed E-state index contributed by atoms with van der Waals surface area (Å²) in [4.78, 5) is 49.7. The normalized spacial score (nSPS) is 14.1. The van der Waals surface area contributed by atoms with Gasteiger partial charge >= 0.3 is 23.9 Å². The van der Waals surface area contributed by atoms with Crippen molar-refractivity contribution in [2.75, 3.05) is 39.5 Å². The van der Waals surface area contributed by atoms with Crippen LogP contribution in [0.15, 0.2) is 0 Å². The summed E-state index contributed by atoms with van der Waals surface area (Å²) in [6.07, 6.45) is -0.332. The van der Waals surface area contributed by atoms with Gasteiger partial charge in [-0.25, -0.2) is 0 Å². The maximum Gasteiger partial charge on any atom is 0.324 e. The zero-order valence-electron chi connectivity index (χ0n) is 27.9. The molecule has 0 unspecified atom stereocenters. The second-order valence-corrected chi connectivity index (χ2v) is 13.9. The highest BCUT2D eigenvalue weighted by Gasteiger charge is 2.30. The smallest absolute Gasteiger partial charge is 0.324 e. The SMILES string of the molecule is CC(C)(C)OC(=O)C[C@@H](NCCOCCOCCN[C@H](CC(=O)OC(C)(C)C)C(=O)OC(C)(C)C)C(=O)OC(C)(C)C. The number of ether oxygens (including phenoxy) is 6. The van der Waals surface area contributed by atoms with Gasteiger partial charge in [0, 0.05) is 13.1 Å². The Morgan fingerprint density at radius 3 is 1.02 bits per heavy atom. The molecule has 0 saturated heterocycles. The Kier molecular flexibility index (Phi) is 16.8. The van der Waals surface area contributed by atoms with Crippen molar-refractivity contribution >= 4 is 23.9 Å². The average Bonchev–Trinajstić information content (AvgIpc) is 2.73. The number of carbonyl (C=O) groups excluding carboxylic acids is 4. The number of nitrogens with one attached hydrogen (secondary N) is 2. The summed E-state index contributed by atoms with van der Waals surface area (Å²) < 4.78 is 32.7. The lowest BCUT2D eigenvalue weighted by molar-refractivity contribution is -0.164. The minimum Gasteiger partial charge on any atom is -0.460 e. The molecule has 12 heteroatoms. The minimum atomic E-state index is -0.872. The third-order valence-electron chi connectivity index (χ3n) is 4.61. The van der Waals surface area contributed by atoms with Gasteiger partial charge in [-0.2, -0.15) is 0 Å². The molecule has 12 nitrogen and oxygen atoms in total. The van der Waals surface area contributed by atoms with Crippen molar-refractivity contribution in [1.29, 1.82) is 0 Å². The van der Waals surface area contributed by atoms with Gasteiger partial charge in [-0.1, -0.05) is 0 Å². The maximum atomic E-state index is 12.6. The Bertz CT molecular complexity index is 778. The molecule has 0 aromatic heterocycles. The second-order valence-electron chi connectivity index (χ2n) is 13.9. The molecule has 0 spiro atoms. The van der Waals surface area contributed by atoms with E-state index >= 15 is 0 Å². The topological polar surface area (TPSA) is 148 Å². The van der Waals surface area contributed by atoms with Crippen molar-refractivity contribution in [2.24, 2.45) is 0 Å². The van der Waals surface area contributed by atoms with Crippen LogP contribution in [0.25, 0.3) is 0 Å². The standard InChI is InChI=1S/C30H56N2O10/c1-27(2,3)39-23(33)19-21(25(35)41-29(7,8)9)31-13-15-37-17-18-38-16-14-32-22(26(36)42-30(10,11)12)20-24(34)40-28(4,5)6/h21-22,31-32H,13-20H2,1-12H3/t21-,22-/m1/s1. The molecule has 0 fully saturated rings. The van der Waals surface area contributed by atoms with E-state index < -0.39 is 58.4 Å². The van der Waals surface area contributed by atoms with Crippen LogP contribution < -0.4 is 10.6 Å². The highest BCUT2D eigenvalue weighted by molar-refractivity contribution is 5.83. The van der Waals surface area contributed by atoms with Crippen molar-refractivity contribution < 1.29 is 47.6 Å². The number of hydrogen-bond acceptors (Lipinski definition) is 12. The molecule has 0 amide bonds. The average molecular weight is 605 g/mol. The predicted molar refractivity (Wildman–Crippen MR) is 158 cm³/mol. The van der Waals surface area contributed by atoms with Crippen molar-refractivity contribution in [3.8, 4) is 0 Å². The van der Waals surface area contributed by atoms with Crippen LogP contribution in [-0.4, -0.2) is 97.9 Å². The molecule has 0 aromatic rings. The maximum absolute atomic E-state index is 12.6. The van der Waals surface area contributed by atoms with Crippen molar-refractivity contribution in [3.05, 3.63) is 0 Å². The van der Waals surface area contributed by atoms with E-state index in [0.717, 1.165) is 0 Å². The lowest BCUT2D eigenvalue weighted by Crippen LogP contribution is -2.45. The molecule has 0 aromatic carbocycles. The second kappa shape index (κ2) is 17.7. The first-order chi connectivity index (χ1) is 19.0. The highest BCUT2D eigenvalue weighted by Crippen LogP contribution is 2.14. The molecule has 0 bridgehead atoms. The van der Waals surface area contributed by atoms with Gasteiger partial charge in [-0.3, -0.25) is 19.2 Å². The molecule has 0 heterocycles. The Balaban J connectivity index is 4.54. The fourth-order valence-electron chi connectivity index (χ4n) is 3.26. The van der Waals surface area contributed by atoms with Crippen LogP contribution in [0, 0.1) is 0 Å². The van der Waals surface area contributed by atoms with E-state index in [1.54, 1.807) is 83.1 Å². The van der Waals surface area contributed by atoms with E-state index in [-0.39, 0.29) is 39.3 Å². The van der Waals surface area contributed by atoms with Crippen LogP contribution in [0.1, 0.15) is 95.9 Å². The van der Waals surface area contributed by atoms with Crippen LogP contribution >= 0.6 is 0 Å². The van der Waals surface area contributed by atoms with Gasteiger partial charge in [-0.15, -0.1) is 0 Å². The summed E-state index contributed by atoms with van der Waals surface area (Å²) in [5, 5.41) is 6.01.